The van der Waals surface area contributed by atoms with Crippen molar-refractivity contribution in [2.75, 3.05) is 0 Å². The molecule has 2 N–H and O–H groups in total. The third-order valence-corrected chi connectivity index (χ3v) is 3.72. The lowest BCUT2D eigenvalue weighted by molar-refractivity contribution is 0.359. The molecule has 0 saturated heterocycles. The Balaban J connectivity index is 2.99. The largest absolute Gasteiger partial charge is 0.785 e. The minimum Gasteiger partial charge on any atom is -0.785 e. The van der Waals surface area contributed by atoms with Crippen LogP contribution in [0, 0.1) is 6.92 Å². The minimum atomic E-state index is -5.71. The Morgan fingerprint density at radius 3 is 2.38 bits per heavy atom. The Morgan fingerprint density at radius 2 is 1.75 bits per heavy atom. The summed E-state index contributed by atoms with van der Waals surface area (Å²) in [4.78, 5) is -0.324. The van der Waals surface area contributed by atoms with E-state index in [9.17, 15) is 13.3 Å². The molecular formula is C11H11NO3S-2. The smallest absolute Gasteiger partial charge is 0.0156 e. The van der Waals surface area contributed by atoms with E-state index in [2.05, 4.69) is 0 Å². The molecule has 86 valence electrons. The maximum absolute atomic E-state index is 11.5. The standard InChI is InChI=1S/C11H13NO3S/c1-8-6-7-9-4-2-3-5-10(9)11(8)16(12,13,14)15/h2-7H,1H3,(H4,12,13,14,15)/p-2. The normalized spacial score (nSPS) is 14.6. The molecule has 0 radical (unpaired) electrons. The summed E-state index contributed by atoms with van der Waals surface area (Å²) in [6.07, 6.45) is 0. The van der Waals surface area contributed by atoms with Crippen LogP contribution < -0.4 is 5.14 Å². The number of rotatable bonds is 1. The van der Waals surface area contributed by atoms with E-state index in [0.717, 1.165) is 0 Å². The Bertz CT molecular complexity index is 619. The van der Waals surface area contributed by atoms with Crippen molar-refractivity contribution in [2.45, 2.75) is 11.8 Å². The van der Waals surface area contributed by atoms with Crippen molar-refractivity contribution in [1.29, 1.82) is 0 Å². The summed E-state index contributed by atoms with van der Waals surface area (Å²) >= 11 is 0. The van der Waals surface area contributed by atoms with E-state index < -0.39 is 9.81 Å². The number of hydrogen-bond acceptors (Lipinski definition) is 3. The molecule has 0 bridgehead atoms. The second-order valence-electron chi connectivity index (χ2n) is 3.79. The van der Waals surface area contributed by atoms with Crippen molar-refractivity contribution in [2.24, 2.45) is 5.14 Å². The van der Waals surface area contributed by atoms with Gasteiger partial charge in [-0.15, -0.1) is 9.81 Å². The second kappa shape index (κ2) is 3.11. The second-order valence-corrected chi connectivity index (χ2v) is 5.92. The van der Waals surface area contributed by atoms with Gasteiger partial charge in [0.15, 0.2) is 0 Å². The van der Waals surface area contributed by atoms with Gasteiger partial charge in [-0.25, -0.2) is 0 Å². The van der Waals surface area contributed by atoms with Crippen molar-refractivity contribution >= 4 is 20.6 Å². The van der Waals surface area contributed by atoms with E-state index in [0.29, 0.717) is 16.3 Å². The molecule has 0 saturated carbocycles. The Kier molecular flexibility index (Phi) is 2.18. The summed E-state index contributed by atoms with van der Waals surface area (Å²) < 4.78 is 34.5. The van der Waals surface area contributed by atoms with E-state index in [1.165, 1.54) is 0 Å². The number of sulfonamides is 3. The summed E-state index contributed by atoms with van der Waals surface area (Å²) in [6, 6.07) is 10.1. The first-order chi connectivity index (χ1) is 7.26. The van der Waals surface area contributed by atoms with E-state index in [1.54, 1.807) is 43.3 Å². The van der Waals surface area contributed by atoms with Crippen LogP contribution in [0.4, 0.5) is 0 Å². The molecule has 0 fully saturated rings. The third-order valence-electron chi connectivity index (χ3n) is 2.44. The molecule has 5 heteroatoms. The zero-order valence-corrected chi connectivity index (χ0v) is 9.49. The van der Waals surface area contributed by atoms with Gasteiger partial charge in [-0.3, -0.25) is 9.35 Å². The molecule has 0 spiro atoms. The van der Waals surface area contributed by atoms with E-state index in [1.807, 2.05) is 0 Å². The SMILES string of the molecule is Cc1ccc2ccccc2c1S(N)(=O)([O-])[O-]. The molecule has 2 aromatic carbocycles. The first-order valence-corrected chi connectivity index (χ1v) is 6.56. The fourth-order valence-electron chi connectivity index (χ4n) is 1.84. The van der Waals surface area contributed by atoms with Crippen molar-refractivity contribution < 1.29 is 13.3 Å². The molecule has 0 heterocycles. The fourth-order valence-corrected chi connectivity index (χ4v) is 3.07. The number of primary sulfonamides is 3. The summed E-state index contributed by atoms with van der Waals surface area (Å²) in [6.45, 7) is 1.55. The molecule has 4 nitrogen and oxygen atoms in total. The molecule has 0 aliphatic carbocycles. The molecule has 0 atom stereocenters. The summed E-state index contributed by atoms with van der Waals surface area (Å²) in [5.74, 6) is 0. The topological polar surface area (TPSA) is 89.2 Å². The predicted octanol–water partition coefficient (Wildman–Crippen LogP) is 1.46. The van der Waals surface area contributed by atoms with Crippen LogP contribution in [0.15, 0.2) is 41.3 Å². The third kappa shape index (κ3) is 1.85. The Morgan fingerprint density at radius 1 is 1.12 bits per heavy atom. The van der Waals surface area contributed by atoms with Crippen LogP contribution in [0.3, 0.4) is 0 Å². The van der Waals surface area contributed by atoms with Crippen molar-refractivity contribution in [3.05, 3.63) is 42.0 Å². The molecule has 16 heavy (non-hydrogen) atoms. The molecule has 0 aromatic heterocycles. The van der Waals surface area contributed by atoms with Crippen LogP contribution in [0.25, 0.3) is 10.8 Å². The number of benzene rings is 2. The van der Waals surface area contributed by atoms with Crippen molar-refractivity contribution in [3.8, 4) is 0 Å². The van der Waals surface area contributed by atoms with E-state index >= 15 is 0 Å². The quantitative estimate of drug-likeness (QED) is 0.814. The molecule has 0 unspecified atom stereocenters. The average molecular weight is 237 g/mol. The highest BCUT2D eigenvalue weighted by Gasteiger charge is 2.14. The highest BCUT2D eigenvalue weighted by atomic mass is 32.3. The average Bonchev–Trinajstić information content (AvgIpc) is 2.14. The lowest BCUT2D eigenvalue weighted by atomic mass is 10.1. The lowest BCUT2D eigenvalue weighted by Crippen LogP contribution is -2.42. The van der Waals surface area contributed by atoms with Gasteiger partial charge >= 0.3 is 0 Å². The van der Waals surface area contributed by atoms with Crippen LogP contribution in [0.1, 0.15) is 5.56 Å². The Labute approximate surface area is 93.3 Å². The highest BCUT2D eigenvalue weighted by molar-refractivity contribution is 8.08. The van der Waals surface area contributed by atoms with Gasteiger partial charge in [-0.1, -0.05) is 36.4 Å². The van der Waals surface area contributed by atoms with E-state index in [4.69, 9.17) is 5.14 Å². The van der Waals surface area contributed by atoms with Gasteiger partial charge in [-0.05, 0) is 23.3 Å². The number of nitrogens with two attached hydrogens (primary N) is 1. The van der Waals surface area contributed by atoms with Crippen molar-refractivity contribution in [1.82, 2.24) is 0 Å². The fraction of sp³-hybridized carbons (Fsp3) is 0.0909. The molecule has 0 aliphatic rings. The Hall–Kier alpha value is -1.27. The number of fused-ring (bicyclic) bond motifs is 1. The number of hydrogen-bond donors (Lipinski definition) is 1. The van der Waals surface area contributed by atoms with Gasteiger partial charge in [-0.2, -0.15) is 0 Å². The zero-order chi connectivity index (χ0) is 12.0. The predicted molar refractivity (Wildman–Crippen MR) is 60.8 cm³/mol. The lowest BCUT2D eigenvalue weighted by Gasteiger charge is -2.52. The van der Waals surface area contributed by atoms with Gasteiger partial charge in [0.05, 0.1) is 0 Å². The van der Waals surface area contributed by atoms with E-state index in [-0.39, 0.29) is 4.90 Å². The first-order valence-electron chi connectivity index (χ1n) is 4.68. The maximum atomic E-state index is 11.5. The molecule has 0 aliphatic heterocycles. The van der Waals surface area contributed by atoms with Gasteiger partial charge in [0, 0.05) is 4.90 Å². The van der Waals surface area contributed by atoms with Crippen molar-refractivity contribution in [3.63, 3.8) is 0 Å². The van der Waals surface area contributed by atoms with Crippen LogP contribution >= 0.6 is 0 Å². The van der Waals surface area contributed by atoms with Gasteiger partial charge in [0.25, 0.3) is 0 Å². The monoisotopic (exact) mass is 237 g/mol. The summed E-state index contributed by atoms with van der Waals surface area (Å²) in [5.41, 5.74) is 0.364. The highest BCUT2D eigenvalue weighted by Crippen LogP contribution is 2.32. The van der Waals surface area contributed by atoms with Gasteiger partial charge in [0.2, 0.25) is 0 Å². The maximum Gasteiger partial charge on any atom is 0.0156 e. The molecule has 0 amide bonds. The van der Waals surface area contributed by atoms with Crippen LogP contribution in [0.5, 0.6) is 0 Å². The van der Waals surface area contributed by atoms with Crippen LogP contribution in [-0.2, 0) is 9.81 Å². The summed E-state index contributed by atoms with van der Waals surface area (Å²) in [5, 5.41) is 5.96. The minimum absolute atomic E-state index is 0.324. The summed E-state index contributed by atoms with van der Waals surface area (Å²) in [7, 11) is -5.71. The number of aryl methyl sites for hydroxylation is 1. The van der Waals surface area contributed by atoms with Crippen LogP contribution in [0.2, 0.25) is 0 Å². The van der Waals surface area contributed by atoms with Gasteiger partial charge < -0.3 is 9.11 Å². The zero-order valence-electron chi connectivity index (χ0n) is 8.67. The van der Waals surface area contributed by atoms with Crippen LogP contribution in [-0.4, -0.2) is 13.3 Å². The molecule has 2 rings (SSSR count). The molecular weight excluding hydrogens is 226 g/mol. The first kappa shape index (κ1) is 11.2. The van der Waals surface area contributed by atoms with Gasteiger partial charge in [0.1, 0.15) is 0 Å². The molecule has 2 aromatic rings.